The molecule has 4 nitrogen and oxygen atoms in total. The predicted molar refractivity (Wildman–Crippen MR) is 66.2 cm³/mol. The number of carbonyl (C=O) groups excluding carboxylic acids is 1. The molecule has 0 aliphatic rings. The molecule has 1 amide bonds. The average Bonchev–Trinajstić information content (AvgIpc) is 2.35. The second-order valence-corrected chi connectivity index (χ2v) is 3.93. The predicted octanol–water partition coefficient (Wildman–Crippen LogP) is 1.95. The number of carbonyl (C=O) groups is 1. The fourth-order valence-corrected chi connectivity index (χ4v) is 1.82. The quantitative estimate of drug-likeness (QED) is 0.777. The van der Waals surface area contributed by atoms with E-state index in [-0.39, 0.29) is 5.91 Å². The van der Waals surface area contributed by atoms with E-state index in [4.69, 9.17) is 4.74 Å². The SMILES string of the molecule is CCN(CCBr)C(=O)c1cccnc1OC. The zero-order chi connectivity index (χ0) is 12.0. The molecule has 0 aliphatic heterocycles. The van der Waals surface area contributed by atoms with E-state index < -0.39 is 0 Å². The molecule has 0 radical (unpaired) electrons. The number of amides is 1. The number of hydrogen-bond acceptors (Lipinski definition) is 3. The van der Waals surface area contributed by atoms with E-state index in [0.29, 0.717) is 24.5 Å². The molecule has 1 aromatic rings. The third kappa shape index (κ3) is 2.95. The van der Waals surface area contributed by atoms with Crippen LogP contribution < -0.4 is 4.74 Å². The molecule has 0 N–H and O–H groups in total. The zero-order valence-electron chi connectivity index (χ0n) is 9.44. The van der Waals surface area contributed by atoms with Crippen LogP contribution in [0, 0.1) is 0 Å². The Kier molecular flexibility index (Phi) is 5.25. The number of alkyl halides is 1. The molecule has 0 unspecified atom stereocenters. The lowest BCUT2D eigenvalue weighted by Gasteiger charge is -2.20. The van der Waals surface area contributed by atoms with Crippen LogP contribution in [0.4, 0.5) is 0 Å². The van der Waals surface area contributed by atoms with Crippen molar-refractivity contribution in [1.29, 1.82) is 0 Å². The summed E-state index contributed by atoms with van der Waals surface area (Å²) in [6.07, 6.45) is 1.61. The van der Waals surface area contributed by atoms with Crippen LogP contribution in [0.1, 0.15) is 17.3 Å². The second kappa shape index (κ2) is 6.48. The first-order valence-corrected chi connectivity index (χ1v) is 6.21. The van der Waals surface area contributed by atoms with Gasteiger partial charge in [0.2, 0.25) is 5.88 Å². The minimum Gasteiger partial charge on any atom is -0.480 e. The van der Waals surface area contributed by atoms with Gasteiger partial charge in [0.15, 0.2) is 0 Å². The summed E-state index contributed by atoms with van der Waals surface area (Å²) in [6, 6.07) is 3.46. The van der Waals surface area contributed by atoms with Gasteiger partial charge < -0.3 is 9.64 Å². The minimum absolute atomic E-state index is 0.0492. The summed E-state index contributed by atoms with van der Waals surface area (Å²) in [4.78, 5) is 17.9. The smallest absolute Gasteiger partial charge is 0.259 e. The van der Waals surface area contributed by atoms with E-state index in [1.807, 2.05) is 6.92 Å². The number of nitrogens with zero attached hydrogens (tertiary/aromatic N) is 2. The Labute approximate surface area is 104 Å². The largest absolute Gasteiger partial charge is 0.480 e. The molecule has 5 heteroatoms. The molecule has 0 saturated carbocycles. The van der Waals surface area contributed by atoms with E-state index in [0.717, 1.165) is 5.33 Å². The Balaban J connectivity index is 2.93. The van der Waals surface area contributed by atoms with Crippen molar-refractivity contribution < 1.29 is 9.53 Å². The normalized spacial score (nSPS) is 9.94. The lowest BCUT2D eigenvalue weighted by molar-refractivity contribution is 0.0770. The Bertz CT molecular complexity index is 358. The average molecular weight is 287 g/mol. The van der Waals surface area contributed by atoms with Gasteiger partial charge in [-0.1, -0.05) is 15.9 Å². The van der Waals surface area contributed by atoms with E-state index >= 15 is 0 Å². The van der Waals surface area contributed by atoms with E-state index in [1.54, 1.807) is 23.2 Å². The highest BCUT2D eigenvalue weighted by atomic mass is 79.9. The molecule has 0 aromatic carbocycles. The van der Waals surface area contributed by atoms with Gasteiger partial charge in [-0.05, 0) is 19.1 Å². The Hall–Kier alpha value is -1.10. The van der Waals surface area contributed by atoms with Crippen LogP contribution in [0.2, 0.25) is 0 Å². The molecule has 0 aliphatic carbocycles. The van der Waals surface area contributed by atoms with Crippen molar-refractivity contribution >= 4 is 21.8 Å². The summed E-state index contributed by atoms with van der Waals surface area (Å²) in [5, 5.41) is 0.759. The molecule has 0 bridgehead atoms. The molecule has 0 saturated heterocycles. The summed E-state index contributed by atoms with van der Waals surface area (Å²) in [7, 11) is 1.51. The maximum atomic E-state index is 12.1. The molecule has 1 rings (SSSR count). The van der Waals surface area contributed by atoms with Crippen LogP contribution >= 0.6 is 15.9 Å². The van der Waals surface area contributed by atoms with Crippen molar-refractivity contribution in [2.75, 3.05) is 25.5 Å². The van der Waals surface area contributed by atoms with E-state index in [1.165, 1.54) is 7.11 Å². The number of pyridine rings is 1. The lowest BCUT2D eigenvalue weighted by atomic mass is 10.2. The van der Waals surface area contributed by atoms with Crippen LogP contribution in [0.25, 0.3) is 0 Å². The third-order valence-corrected chi connectivity index (χ3v) is 2.57. The summed E-state index contributed by atoms with van der Waals surface area (Å²) in [6.45, 7) is 3.29. The molecular weight excluding hydrogens is 272 g/mol. The number of hydrogen-bond donors (Lipinski definition) is 0. The van der Waals surface area contributed by atoms with Crippen LogP contribution in [0.5, 0.6) is 5.88 Å². The van der Waals surface area contributed by atoms with Gasteiger partial charge in [-0.15, -0.1) is 0 Å². The molecule has 0 spiro atoms. The summed E-state index contributed by atoms with van der Waals surface area (Å²) >= 11 is 3.33. The fraction of sp³-hybridized carbons (Fsp3) is 0.455. The van der Waals surface area contributed by atoms with Gasteiger partial charge in [-0.2, -0.15) is 0 Å². The molecular formula is C11H15BrN2O2. The van der Waals surface area contributed by atoms with Crippen molar-refractivity contribution in [1.82, 2.24) is 9.88 Å². The van der Waals surface area contributed by atoms with Gasteiger partial charge in [0.1, 0.15) is 5.56 Å². The summed E-state index contributed by atoms with van der Waals surface area (Å²) in [5.74, 6) is 0.326. The molecule has 0 fully saturated rings. The van der Waals surface area contributed by atoms with Crippen molar-refractivity contribution in [3.05, 3.63) is 23.9 Å². The molecule has 0 atom stereocenters. The van der Waals surface area contributed by atoms with Gasteiger partial charge in [0, 0.05) is 24.6 Å². The fourth-order valence-electron chi connectivity index (χ4n) is 1.39. The first-order chi connectivity index (χ1) is 7.74. The number of aromatic nitrogens is 1. The van der Waals surface area contributed by atoms with Crippen molar-refractivity contribution in [2.24, 2.45) is 0 Å². The number of halogens is 1. The highest BCUT2D eigenvalue weighted by molar-refractivity contribution is 9.09. The van der Waals surface area contributed by atoms with Gasteiger partial charge in [-0.3, -0.25) is 4.79 Å². The second-order valence-electron chi connectivity index (χ2n) is 3.13. The van der Waals surface area contributed by atoms with E-state index in [9.17, 15) is 4.79 Å². The standard InChI is InChI=1S/C11H15BrN2O2/c1-3-14(8-6-12)11(15)9-5-4-7-13-10(9)16-2/h4-5,7H,3,6,8H2,1-2H3. The molecule has 16 heavy (non-hydrogen) atoms. The maximum Gasteiger partial charge on any atom is 0.259 e. The third-order valence-electron chi connectivity index (χ3n) is 2.22. The van der Waals surface area contributed by atoms with Gasteiger partial charge in [0.25, 0.3) is 5.91 Å². The number of ether oxygens (including phenoxy) is 1. The summed E-state index contributed by atoms with van der Waals surface area (Å²) < 4.78 is 5.07. The Morgan fingerprint density at radius 2 is 2.38 bits per heavy atom. The topological polar surface area (TPSA) is 42.4 Å². The Morgan fingerprint density at radius 1 is 1.62 bits per heavy atom. The van der Waals surface area contributed by atoms with Crippen molar-refractivity contribution in [2.45, 2.75) is 6.92 Å². The van der Waals surface area contributed by atoms with E-state index in [2.05, 4.69) is 20.9 Å². The monoisotopic (exact) mass is 286 g/mol. The van der Waals surface area contributed by atoms with Crippen molar-refractivity contribution in [3.63, 3.8) is 0 Å². The number of rotatable bonds is 5. The summed E-state index contributed by atoms with van der Waals surface area (Å²) in [5.41, 5.74) is 0.507. The lowest BCUT2D eigenvalue weighted by Crippen LogP contribution is -2.32. The molecule has 1 aromatic heterocycles. The van der Waals surface area contributed by atoms with Gasteiger partial charge >= 0.3 is 0 Å². The van der Waals surface area contributed by atoms with Crippen LogP contribution in [-0.2, 0) is 0 Å². The highest BCUT2D eigenvalue weighted by Gasteiger charge is 2.18. The molecule has 1 heterocycles. The van der Waals surface area contributed by atoms with Gasteiger partial charge in [-0.25, -0.2) is 4.98 Å². The van der Waals surface area contributed by atoms with Crippen LogP contribution in [0.15, 0.2) is 18.3 Å². The highest BCUT2D eigenvalue weighted by Crippen LogP contribution is 2.16. The first kappa shape index (κ1) is 13.0. The van der Waals surface area contributed by atoms with Crippen LogP contribution in [-0.4, -0.2) is 41.3 Å². The zero-order valence-corrected chi connectivity index (χ0v) is 11.0. The maximum absolute atomic E-state index is 12.1. The van der Waals surface area contributed by atoms with Crippen LogP contribution in [0.3, 0.4) is 0 Å². The minimum atomic E-state index is -0.0492. The molecule has 88 valence electrons. The first-order valence-electron chi connectivity index (χ1n) is 5.08. The van der Waals surface area contributed by atoms with Crippen molar-refractivity contribution in [3.8, 4) is 5.88 Å². The van der Waals surface area contributed by atoms with Gasteiger partial charge in [0.05, 0.1) is 7.11 Å². The Morgan fingerprint density at radius 3 is 2.94 bits per heavy atom. The number of methoxy groups -OCH3 is 1.